The lowest BCUT2D eigenvalue weighted by Crippen LogP contribution is -2.53. The van der Waals surface area contributed by atoms with Gasteiger partial charge in [0.15, 0.2) is 5.65 Å². The molecule has 0 spiro atoms. The summed E-state index contributed by atoms with van der Waals surface area (Å²) in [5, 5.41) is 3.22. The van der Waals surface area contributed by atoms with E-state index < -0.39 is 0 Å². The van der Waals surface area contributed by atoms with Gasteiger partial charge in [0.1, 0.15) is 11.3 Å². The van der Waals surface area contributed by atoms with Crippen molar-refractivity contribution in [3.8, 4) is 11.4 Å². The highest BCUT2D eigenvalue weighted by Crippen LogP contribution is 2.24. The summed E-state index contributed by atoms with van der Waals surface area (Å²) >= 11 is 0. The standard InChI is InChI=1S/C25H32N6O/c1-19-8-10-20(11-9-19)23-28-22-7-4-12-26-24(22)31(23)18-15-29-13-16-30(17-14-29)25(32)27-21-5-2-3-6-21/h4,7-12,21H,2-3,5-6,13-18H2,1H3,(H,27,32). The Labute approximate surface area is 189 Å². The van der Waals surface area contributed by atoms with E-state index in [0.717, 1.165) is 74.7 Å². The second-order valence-corrected chi connectivity index (χ2v) is 9.06. The smallest absolute Gasteiger partial charge is 0.317 e. The van der Waals surface area contributed by atoms with Crippen LogP contribution in [0.2, 0.25) is 0 Å². The molecule has 0 atom stereocenters. The number of fused-ring (bicyclic) bond motifs is 1. The van der Waals surface area contributed by atoms with E-state index in [1.54, 1.807) is 0 Å². The summed E-state index contributed by atoms with van der Waals surface area (Å²) in [4.78, 5) is 26.5. The van der Waals surface area contributed by atoms with Crippen LogP contribution in [0.1, 0.15) is 31.2 Å². The normalized spacial score (nSPS) is 17.8. The summed E-state index contributed by atoms with van der Waals surface area (Å²) < 4.78 is 2.24. The van der Waals surface area contributed by atoms with Crippen LogP contribution < -0.4 is 5.32 Å². The molecule has 2 aliphatic rings. The van der Waals surface area contributed by atoms with Gasteiger partial charge in [-0.15, -0.1) is 0 Å². The molecule has 32 heavy (non-hydrogen) atoms. The quantitative estimate of drug-likeness (QED) is 0.668. The predicted octanol–water partition coefficient (Wildman–Crippen LogP) is 3.68. The van der Waals surface area contributed by atoms with Crippen molar-refractivity contribution in [1.29, 1.82) is 0 Å². The Balaban J connectivity index is 1.23. The molecule has 0 unspecified atom stereocenters. The Hall–Kier alpha value is -2.93. The first-order valence-corrected chi connectivity index (χ1v) is 11.8. The maximum Gasteiger partial charge on any atom is 0.317 e. The molecule has 3 heterocycles. The molecule has 0 radical (unpaired) electrons. The molecule has 1 aromatic carbocycles. The van der Waals surface area contributed by atoms with E-state index in [4.69, 9.17) is 4.98 Å². The minimum atomic E-state index is 0.114. The Morgan fingerprint density at radius 1 is 1.03 bits per heavy atom. The first-order chi connectivity index (χ1) is 15.7. The van der Waals surface area contributed by atoms with Crippen LogP contribution in [0.15, 0.2) is 42.6 Å². The lowest BCUT2D eigenvalue weighted by atomic mass is 10.1. The highest BCUT2D eigenvalue weighted by molar-refractivity contribution is 5.77. The molecule has 1 N–H and O–H groups in total. The first kappa shape index (κ1) is 20.9. The van der Waals surface area contributed by atoms with Gasteiger partial charge in [-0.25, -0.2) is 14.8 Å². The number of hydrogen-bond acceptors (Lipinski definition) is 4. The van der Waals surface area contributed by atoms with Gasteiger partial charge in [-0.2, -0.15) is 0 Å². The number of piperazine rings is 1. The van der Waals surface area contributed by atoms with Gasteiger partial charge in [0.05, 0.1) is 0 Å². The zero-order chi connectivity index (χ0) is 21.9. The molecule has 7 nitrogen and oxygen atoms in total. The number of carbonyl (C=O) groups is 1. The molecule has 168 valence electrons. The number of aromatic nitrogens is 3. The predicted molar refractivity (Wildman–Crippen MR) is 127 cm³/mol. The fourth-order valence-electron chi connectivity index (χ4n) is 4.85. The van der Waals surface area contributed by atoms with Gasteiger partial charge >= 0.3 is 6.03 Å². The maximum absolute atomic E-state index is 12.6. The van der Waals surface area contributed by atoms with E-state index in [1.807, 2.05) is 23.2 Å². The molecular weight excluding hydrogens is 400 g/mol. The second kappa shape index (κ2) is 9.28. The summed E-state index contributed by atoms with van der Waals surface area (Å²) in [5.41, 5.74) is 4.21. The average Bonchev–Trinajstić information content (AvgIpc) is 3.46. The van der Waals surface area contributed by atoms with Gasteiger partial charge in [0.25, 0.3) is 0 Å². The van der Waals surface area contributed by atoms with Gasteiger partial charge in [-0.3, -0.25) is 4.90 Å². The lowest BCUT2D eigenvalue weighted by Gasteiger charge is -2.35. The topological polar surface area (TPSA) is 66.3 Å². The monoisotopic (exact) mass is 432 g/mol. The fraction of sp³-hybridized carbons (Fsp3) is 0.480. The van der Waals surface area contributed by atoms with Crippen molar-refractivity contribution in [2.24, 2.45) is 0 Å². The van der Waals surface area contributed by atoms with Crippen molar-refractivity contribution in [3.05, 3.63) is 48.2 Å². The molecule has 1 aliphatic heterocycles. The van der Waals surface area contributed by atoms with Gasteiger partial charge in [0, 0.05) is 57.1 Å². The van der Waals surface area contributed by atoms with Crippen molar-refractivity contribution in [3.63, 3.8) is 0 Å². The van der Waals surface area contributed by atoms with Gasteiger partial charge in [-0.05, 0) is 31.9 Å². The van der Waals surface area contributed by atoms with Crippen molar-refractivity contribution in [2.45, 2.75) is 45.2 Å². The number of benzene rings is 1. The van der Waals surface area contributed by atoms with E-state index in [0.29, 0.717) is 6.04 Å². The molecule has 1 saturated carbocycles. The highest BCUT2D eigenvalue weighted by Gasteiger charge is 2.24. The fourth-order valence-corrected chi connectivity index (χ4v) is 4.85. The molecule has 2 aromatic heterocycles. The van der Waals surface area contributed by atoms with Gasteiger partial charge in [0.2, 0.25) is 0 Å². The molecule has 1 aliphatic carbocycles. The molecule has 0 bridgehead atoms. The summed E-state index contributed by atoms with van der Waals surface area (Å²) in [6.45, 7) is 7.21. The number of aryl methyl sites for hydroxylation is 1. The Kier molecular flexibility index (Phi) is 6.08. The molecular formula is C25H32N6O. The van der Waals surface area contributed by atoms with E-state index in [1.165, 1.54) is 18.4 Å². The van der Waals surface area contributed by atoms with E-state index in [9.17, 15) is 4.79 Å². The number of rotatable bonds is 5. The number of amides is 2. The van der Waals surface area contributed by atoms with Crippen LogP contribution in [0.3, 0.4) is 0 Å². The van der Waals surface area contributed by atoms with Crippen LogP contribution in [0.25, 0.3) is 22.6 Å². The Morgan fingerprint density at radius 2 is 1.78 bits per heavy atom. The van der Waals surface area contributed by atoms with Gasteiger partial charge in [-0.1, -0.05) is 42.7 Å². The van der Waals surface area contributed by atoms with E-state index in [-0.39, 0.29) is 6.03 Å². The third kappa shape index (κ3) is 4.48. The van der Waals surface area contributed by atoms with Crippen LogP contribution in [0.4, 0.5) is 4.79 Å². The zero-order valence-corrected chi connectivity index (χ0v) is 18.8. The molecule has 5 rings (SSSR count). The molecule has 7 heteroatoms. The SMILES string of the molecule is Cc1ccc(-c2nc3cccnc3n2CCN2CCN(C(=O)NC3CCCC3)CC2)cc1. The summed E-state index contributed by atoms with van der Waals surface area (Å²) in [7, 11) is 0. The third-order valence-electron chi connectivity index (χ3n) is 6.80. The van der Waals surface area contributed by atoms with Crippen molar-refractivity contribution < 1.29 is 4.79 Å². The number of nitrogens with one attached hydrogen (secondary N) is 1. The van der Waals surface area contributed by atoms with Crippen LogP contribution in [0.5, 0.6) is 0 Å². The third-order valence-corrected chi connectivity index (χ3v) is 6.80. The minimum absolute atomic E-state index is 0.114. The van der Waals surface area contributed by atoms with Crippen LogP contribution in [0, 0.1) is 6.92 Å². The van der Waals surface area contributed by atoms with E-state index >= 15 is 0 Å². The zero-order valence-electron chi connectivity index (χ0n) is 18.8. The summed E-state index contributed by atoms with van der Waals surface area (Å²) in [6.07, 6.45) is 6.56. The first-order valence-electron chi connectivity index (χ1n) is 11.8. The van der Waals surface area contributed by atoms with Crippen molar-refractivity contribution in [1.82, 2.24) is 29.7 Å². The number of urea groups is 1. The van der Waals surface area contributed by atoms with Crippen molar-refractivity contribution in [2.75, 3.05) is 32.7 Å². The van der Waals surface area contributed by atoms with Crippen LogP contribution in [-0.2, 0) is 6.54 Å². The average molecular weight is 433 g/mol. The van der Waals surface area contributed by atoms with Gasteiger partial charge < -0.3 is 14.8 Å². The van der Waals surface area contributed by atoms with Crippen LogP contribution >= 0.6 is 0 Å². The second-order valence-electron chi connectivity index (χ2n) is 9.06. The largest absolute Gasteiger partial charge is 0.335 e. The molecule has 1 saturated heterocycles. The van der Waals surface area contributed by atoms with Crippen LogP contribution in [-0.4, -0.2) is 69.1 Å². The Bertz CT molecular complexity index is 1060. The van der Waals surface area contributed by atoms with Crippen molar-refractivity contribution >= 4 is 17.2 Å². The number of pyridine rings is 1. The molecule has 2 fully saturated rings. The molecule has 2 amide bonds. The maximum atomic E-state index is 12.6. The lowest BCUT2D eigenvalue weighted by molar-refractivity contribution is 0.135. The summed E-state index contributed by atoms with van der Waals surface area (Å²) in [6, 6.07) is 13.0. The number of hydrogen-bond donors (Lipinski definition) is 1. The Morgan fingerprint density at radius 3 is 2.53 bits per heavy atom. The number of nitrogens with zero attached hydrogens (tertiary/aromatic N) is 5. The highest BCUT2D eigenvalue weighted by atomic mass is 16.2. The minimum Gasteiger partial charge on any atom is -0.335 e. The number of carbonyl (C=O) groups excluding carboxylic acids is 1. The number of imidazole rings is 1. The van der Waals surface area contributed by atoms with E-state index in [2.05, 4.69) is 51.0 Å². The summed E-state index contributed by atoms with van der Waals surface area (Å²) in [5.74, 6) is 0.966. The molecule has 3 aromatic rings.